The fourth-order valence-electron chi connectivity index (χ4n) is 2.61. The molecule has 0 unspecified atom stereocenters. The number of anilines is 1. The molecule has 2 rings (SSSR count). The molecule has 0 spiro atoms. The summed E-state index contributed by atoms with van der Waals surface area (Å²) < 4.78 is 14.1. The van der Waals surface area contributed by atoms with Crippen LogP contribution in [-0.4, -0.2) is 20.1 Å². The van der Waals surface area contributed by atoms with Gasteiger partial charge in [-0.15, -0.1) is 0 Å². The van der Waals surface area contributed by atoms with Gasteiger partial charge in [-0.3, -0.25) is 0 Å². The molecule has 1 aromatic rings. The summed E-state index contributed by atoms with van der Waals surface area (Å²) in [4.78, 5) is 2.20. The van der Waals surface area contributed by atoms with Crippen molar-refractivity contribution in [3.63, 3.8) is 0 Å². The van der Waals surface area contributed by atoms with E-state index in [9.17, 15) is 4.39 Å². The minimum absolute atomic E-state index is 0.0936. The van der Waals surface area contributed by atoms with Crippen LogP contribution in [0, 0.1) is 11.7 Å². The zero-order chi connectivity index (χ0) is 13.0. The molecule has 1 aliphatic rings. The second-order valence-electron chi connectivity index (χ2n) is 5.11. The maximum absolute atomic E-state index is 14.1. The van der Waals surface area contributed by atoms with Gasteiger partial charge in [0, 0.05) is 19.6 Å². The molecule has 0 radical (unpaired) electrons. The standard InChI is InChI=1S/C15H23FN2/c1-3-18(11-12-6-4-7-12)15-13(10-17-2)8-5-9-14(15)16/h5,8-9,12,17H,3-4,6-7,10-11H2,1-2H3. The molecule has 0 aliphatic heterocycles. The Morgan fingerprint density at radius 3 is 2.72 bits per heavy atom. The monoisotopic (exact) mass is 250 g/mol. The van der Waals surface area contributed by atoms with E-state index in [-0.39, 0.29) is 5.82 Å². The molecule has 0 atom stereocenters. The number of benzene rings is 1. The molecule has 0 aromatic heterocycles. The van der Waals surface area contributed by atoms with Crippen LogP contribution in [-0.2, 0) is 6.54 Å². The molecule has 1 aromatic carbocycles. The summed E-state index contributed by atoms with van der Waals surface area (Å²) in [5, 5.41) is 3.12. The molecular weight excluding hydrogens is 227 g/mol. The van der Waals surface area contributed by atoms with Crippen LogP contribution in [0.25, 0.3) is 0 Å². The number of para-hydroxylation sites is 1. The van der Waals surface area contributed by atoms with E-state index in [0.29, 0.717) is 6.54 Å². The average molecular weight is 250 g/mol. The summed E-state index contributed by atoms with van der Waals surface area (Å²) in [7, 11) is 1.90. The summed E-state index contributed by atoms with van der Waals surface area (Å²) in [6, 6.07) is 5.37. The lowest BCUT2D eigenvalue weighted by molar-refractivity contribution is 0.317. The van der Waals surface area contributed by atoms with Crippen molar-refractivity contribution in [3.8, 4) is 0 Å². The molecule has 0 heterocycles. The first-order chi connectivity index (χ1) is 8.76. The molecule has 1 saturated carbocycles. The number of rotatable bonds is 6. The molecule has 1 aliphatic carbocycles. The van der Waals surface area contributed by atoms with Gasteiger partial charge in [-0.2, -0.15) is 0 Å². The van der Waals surface area contributed by atoms with Gasteiger partial charge in [-0.05, 0) is 44.4 Å². The van der Waals surface area contributed by atoms with Crippen LogP contribution in [0.4, 0.5) is 10.1 Å². The predicted octanol–water partition coefficient (Wildman–Crippen LogP) is 3.17. The number of hydrogen-bond donors (Lipinski definition) is 1. The Morgan fingerprint density at radius 1 is 1.39 bits per heavy atom. The average Bonchev–Trinajstić information content (AvgIpc) is 2.30. The highest BCUT2D eigenvalue weighted by Gasteiger charge is 2.22. The summed E-state index contributed by atoms with van der Waals surface area (Å²) in [6.07, 6.45) is 3.93. The van der Waals surface area contributed by atoms with E-state index in [1.54, 1.807) is 12.1 Å². The Hall–Kier alpha value is -1.09. The Bertz CT molecular complexity index is 388. The second-order valence-corrected chi connectivity index (χ2v) is 5.11. The Balaban J connectivity index is 2.21. The highest BCUT2D eigenvalue weighted by Crippen LogP contribution is 2.31. The lowest BCUT2D eigenvalue weighted by Crippen LogP contribution is -2.34. The Kier molecular flexibility index (Phi) is 4.59. The van der Waals surface area contributed by atoms with Gasteiger partial charge >= 0.3 is 0 Å². The van der Waals surface area contributed by atoms with Gasteiger partial charge in [-0.1, -0.05) is 18.6 Å². The van der Waals surface area contributed by atoms with Gasteiger partial charge in [0.25, 0.3) is 0 Å². The van der Waals surface area contributed by atoms with Crippen LogP contribution in [0.3, 0.4) is 0 Å². The van der Waals surface area contributed by atoms with Gasteiger partial charge in [0.15, 0.2) is 0 Å². The minimum atomic E-state index is -0.0936. The molecule has 0 bridgehead atoms. The maximum atomic E-state index is 14.1. The summed E-state index contributed by atoms with van der Waals surface area (Å²) >= 11 is 0. The first-order valence-electron chi connectivity index (χ1n) is 6.93. The van der Waals surface area contributed by atoms with Crippen LogP contribution in [0.5, 0.6) is 0 Å². The molecule has 1 N–H and O–H groups in total. The molecule has 2 nitrogen and oxygen atoms in total. The van der Waals surface area contributed by atoms with E-state index in [2.05, 4.69) is 17.1 Å². The lowest BCUT2D eigenvalue weighted by atomic mass is 9.85. The van der Waals surface area contributed by atoms with E-state index < -0.39 is 0 Å². The van der Waals surface area contributed by atoms with Crippen LogP contribution in [0.1, 0.15) is 31.7 Å². The lowest BCUT2D eigenvalue weighted by Gasteiger charge is -2.34. The minimum Gasteiger partial charge on any atom is -0.369 e. The van der Waals surface area contributed by atoms with Gasteiger partial charge in [0.2, 0.25) is 0 Å². The SMILES string of the molecule is CCN(CC1CCC1)c1c(F)cccc1CNC. The van der Waals surface area contributed by atoms with Crippen molar-refractivity contribution in [2.24, 2.45) is 5.92 Å². The van der Waals surface area contributed by atoms with Crippen molar-refractivity contribution in [3.05, 3.63) is 29.6 Å². The Morgan fingerprint density at radius 2 is 2.17 bits per heavy atom. The first kappa shape index (κ1) is 13.3. The van der Waals surface area contributed by atoms with Crippen molar-refractivity contribution >= 4 is 5.69 Å². The Labute approximate surface area is 109 Å². The largest absolute Gasteiger partial charge is 0.369 e. The number of nitrogens with zero attached hydrogens (tertiary/aromatic N) is 1. The van der Waals surface area contributed by atoms with Crippen LogP contribution in [0.15, 0.2) is 18.2 Å². The van der Waals surface area contributed by atoms with Gasteiger partial charge in [0.1, 0.15) is 5.82 Å². The fourth-order valence-corrected chi connectivity index (χ4v) is 2.61. The third-order valence-electron chi connectivity index (χ3n) is 3.84. The number of halogens is 1. The van der Waals surface area contributed by atoms with E-state index in [1.165, 1.54) is 19.3 Å². The number of hydrogen-bond acceptors (Lipinski definition) is 2. The van der Waals surface area contributed by atoms with Gasteiger partial charge in [-0.25, -0.2) is 4.39 Å². The third kappa shape index (κ3) is 2.83. The van der Waals surface area contributed by atoms with Crippen LogP contribution in [0.2, 0.25) is 0 Å². The molecule has 18 heavy (non-hydrogen) atoms. The first-order valence-corrected chi connectivity index (χ1v) is 6.93. The fraction of sp³-hybridized carbons (Fsp3) is 0.600. The molecule has 1 fully saturated rings. The van der Waals surface area contributed by atoms with Crippen molar-refractivity contribution in [1.29, 1.82) is 0 Å². The number of nitrogens with one attached hydrogen (secondary N) is 1. The van der Waals surface area contributed by atoms with Crippen molar-refractivity contribution < 1.29 is 4.39 Å². The predicted molar refractivity (Wildman–Crippen MR) is 74.4 cm³/mol. The van der Waals surface area contributed by atoms with Crippen molar-refractivity contribution in [2.45, 2.75) is 32.7 Å². The molecule has 3 heteroatoms. The summed E-state index contributed by atoms with van der Waals surface area (Å²) in [5.74, 6) is 0.663. The topological polar surface area (TPSA) is 15.3 Å². The van der Waals surface area contributed by atoms with Crippen LogP contribution < -0.4 is 10.2 Å². The maximum Gasteiger partial charge on any atom is 0.146 e. The zero-order valence-corrected chi connectivity index (χ0v) is 11.4. The van der Waals surface area contributed by atoms with Gasteiger partial charge < -0.3 is 10.2 Å². The highest BCUT2D eigenvalue weighted by atomic mass is 19.1. The quantitative estimate of drug-likeness (QED) is 0.834. The van der Waals surface area contributed by atoms with Crippen molar-refractivity contribution in [2.75, 3.05) is 25.0 Å². The summed E-state index contributed by atoms with van der Waals surface area (Å²) in [6.45, 7) is 4.69. The zero-order valence-electron chi connectivity index (χ0n) is 11.4. The normalized spacial score (nSPS) is 15.5. The molecule has 0 saturated heterocycles. The smallest absolute Gasteiger partial charge is 0.146 e. The summed E-state index contributed by atoms with van der Waals surface area (Å²) in [5.41, 5.74) is 1.85. The van der Waals surface area contributed by atoms with E-state index in [1.807, 2.05) is 13.1 Å². The second kappa shape index (κ2) is 6.19. The van der Waals surface area contributed by atoms with E-state index in [4.69, 9.17) is 0 Å². The van der Waals surface area contributed by atoms with Gasteiger partial charge in [0.05, 0.1) is 5.69 Å². The van der Waals surface area contributed by atoms with Crippen molar-refractivity contribution in [1.82, 2.24) is 5.32 Å². The third-order valence-corrected chi connectivity index (χ3v) is 3.84. The van der Waals surface area contributed by atoms with E-state index in [0.717, 1.165) is 30.3 Å². The van der Waals surface area contributed by atoms with E-state index >= 15 is 0 Å². The highest BCUT2D eigenvalue weighted by molar-refractivity contribution is 5.55. The molecular formula is C15H23FN2. The molecule has 100 valence electrons. The van der Waals surface area contributed by atoms with Crippen LogP contribution >= 0.6 is 0 Å². The molecule has 0 amide bonds.